The van der Waals surface area contributed by atoms with Crippen molar-refractivity contribution in [3.63, 3.8) is 0 Å². The van der Waals surface area contributed by atoms with Crippen LogP contribution in [0.15, 0.2) is 24.3 Å². The van der Waals surface area contributed by atoms with E-state index in [0.717, 1.165) is 5.56 Å². The molecule has 5 nitrogen and oxygen atoms in total. The largest absolute Gasteiger partial charge is 0.480 e. The second-order valence-corrected chi connectivity index (χ2v) is 4.45. The average Bonchev–Trinajstić information content (AvgIpc) is 2.36. The molecule has 0 aliphatic heterocycles. The number of carboxylic acids is 1. The third-order valence-electron chi connectivity index (χ3n) is 2.51. The molecule has 1 atom stereocenters. The Balaban J connectivity index is 2.35. The van der Waals surface area contributed by atoms with Gasteiger partial charge in [-0.25, -0.2) is 4.79 Å². The minimum atomic E-state index is -1.03. The third kappa shape index (κ3) is 5.72. The number of benzene rings is 1. The Hall–Kier alpha value is -1.59. The van der Waals surface area contributed by atoms with Crippen molar-refractivity contribution < 1.29 is 19.4 Å². The van der Waals surface area contributed by atoms with E-state index in [1.54, 1.807) is 25.1 Å². The molecule has 0 radical (unpaired) electrons. The SMILES string of the molecule is CC(C(=O)NCCOCC(=O)O)c1cccc(Cl)c1. The lowest BCUT2D eigenvalue weighted by Crippen LogP contribution is -2.31. The van der Waals surface area contributed by atoms with Gasteiger partial charge in [-0.3, -0.25) is 4.79 Å². The summed E-state index contributed by atoms with van der Waals surface area (Å²) in [6.45, 7) is 1.86. The average molecular weight is 286 g/mol. The van der Waals surface area contributed by atoms with Gasteiger partial charge in [-0.15, -0.1) is 0 Å². The van der Waals surface area contributed by atoms with Crippen LogP contribution in [-0.2, 0) is 14.3 Å². The van der Waals surface area contributed by atoms with Crippen molar-refractivity contribution >= 4 is 23.5 Å². The number of hydrogen-bond donors (Lipinski definition) is 2. The number of rotatable bonds is 7. The van der Waals surface area contributed by atoms with E-state index >= 15 is 0 Å². The predicted molar refractivity (Wildman–Crippen MR) is 71.3 cm³/mol. The van der Waals surface area contributed by atoms with Crippen molar-refractivity contribution in [3.05, 3.63) is 34.9 Å². The molecule has 1 aromatic carbocycles. The summed E-state index contributed by atoms with van der Waals surface area (Å²) in [5.74, 6) is -1.50. The lowest BCUT2D eigenvalue weighted by Gasteiger charge is -2.12. The van der Waals surface area contributed by atoms with Crippen molar-refractivity contribution in [3.8, 4) is 0 Å². The zero-order valence-electron chi connectivity index (χ0n) is 10.6. The van der Waals surface area contributed by atoms with Crippen LogP contribution in [0.5, 0.6) is 0 Å². The number of amides is 1. The van der Waals surface area contributed by atoms with E-state index in [0.29, 0.717) is 5.02 Å². The summed E-state index contributed by atoms with van der Waals surface area (Å²) in [7, 11) is 0. The van der Waals surface area contributed by atoms with E-state index in [1.165, 1.54) is 0 Å². The number of carbonyl (C=O) groups is 2. The Kier molecular flexibility index (Phi) is 6.32. The number of hydrogen-bond acceptors (Lipinski definition) is 3. The fraction of sp³-hybridized carbons (Fsp3) is 0.385. The molecule has 0 heterocycles. The van der Waals surface area contributed by atoms with E-state index in [4.69, 9.17) is 21.4 Å². The minimum Gasteiger partial charge on any atom is -0.480 e. The van der Waals surface area contributed by atoms with Crippen LogP contribution in [0, 0.1) is 0 Å². The molecule has 6 heteroatoms. The number of aliphatic carboxylic acids is 1. The van der Waals surface area contributed by atoms with Gasteiger partial charge in [0.1, 0.15) is 6.61 Å². The van der Waals surface area contributed by atoms with E-state index in [2.05, 4.69) is 5.32 Å². The molecule has 0 bridgehead atoms. The van der Waals surface area contributed by atoms with E-state index < -0.39 is 5.97 Å². The molecule has 0 aliphatic carbocycles. The Bertz CT molecular complexity index is 450. The summed E-state index contributed by atoms with van der Waals surface area (Å²) in [6, 6.07) is 7.11. The molecule has 2 N–H and O–H groups in total. The Morgan fingerprint density at radius 3 is 2.84 bits per heavy atom. The van der Waals surface area contributed by atoms with Crippen LogP contribution in [-0.4, -0.2) is 36.7 Å². The first-order valence-corrected chi connectivity index (χ1v) is 6.21. The molecule has 104 valence electrons. The number of carboxylic acid groups (broad SMARTS) is 1. The maximum atomic E-state index is 11.8. The molecule has 1 unspecified atom stereocenters. The number of halogens is 1. The fourth-order valence-electron chi connectivity index (χ4n) is 1.49. The monoisotopic (exact) mass is 285 g/mol. The molecule has 19 heavy (non-hydrogen) atoms. The molecule has 1 aromatic rings. The second kappa shape index (κ2) is 7.76. The van der Waals surface area contributed by atoms with Crippen LogP contribution in [0.25, 0.3) is 0 Å². The lowest BCUT2D eigenvalue weighted by molar-refractivity contribution is -0.142. The summed E-state index contributed by atoms with van der Waals surface area (Å²) in [5, 5.41) is 11.6. The highest BCUT2D eigenvalue weighted by atomic mass is 35.5. The molecule has 1 rings (SSSR count). The highest BCUT2D eigenvalue weighted by molar-refractivity contribution is 6.30. The van der Waals surface area contributed by atoms with E-state index in [9.17, 15) is 9.59 Å². The lowest BCUT2D eigenvalue weighted by atomic mass is 10.0. The van der Waals surface area contributed by atoms with Gasteiger partial charge in [0, 0.05) is 11.6 Å². The van der Waals surface area contributed by atoms with Gasteiger partial charge < -0.3 is 15.2 Å². The molecule has 0 spiro atoms. The van der Waals surface area contributed by atoms with Crippen LogP contribution in [0.4, 0.5) is 0 Å². The van der Waals surface area contributed by atoms with Crippen LogP contribution in [0.2, 0.25) is 5.02 Å². The normalized spacial score (nSPS) is 11.9. The molecular weight excluding hydrogens is 270 g/mol. The standard InChI is InChI=1S/C13H16ClNO4/c1-9(10-3-2-4-11(14)7-10)13(18)15-5-6-19-8-12(16)17/h2-4,7,9H,5-6,8H2,1H3,(H,15,18)(H,16,17). The minimum absolute atomic E-state index is 0.152. The number of carbonyl (C=O) groups excluding carboxylic acids is 1. The summed E-state index contributed by atoms with van der Waals surface area (Å²) in [4.78, 5) is 22.0. The second-order valence-electron chi connectivity index (χ2n) is 4.01. The van der Waals surface area contributed by atoms with Crippen LogP contribution >= 0.6 is 11.6 Å². The van der Waals surface area contributed by atoms with Gasteiger partial charge in [0.15, 0.2) is 0 Å². The number of ether oxygens (including phenoxy) is 1. The Morgan fingerprint density at radius 2 is 2.21 bits per heavy atom. The van der Waals surface area contributed by atoms with Crippen molar-refractivity contribution in [1.29, 1.82) is 0 Å². The third-order valence-corrected chi connectivity index (χ3v) is 2.75. The molecule has 0 fully saturated rings. The maximum Gasteiger partial charge on any atom is 0.329 e. The van der Waals surface area contributed by atoms with Crippen LogP contribution in [0.3, 0.4) is 0 Å². The van der Waals surface area contributed by atoms with Crippen LogP contribution < -0.4 is 5.32 Å². The molecule has 0 saturated heterocycles. The quantitative estimate of drug-likeness (QED) is 0.747. The molecule has 1 amide bonds. The highest BCUT2D eigenvalue weighted by Gasteiger charge is 2.14. The van der Waals surface area contributed by atoms with Crippen LogP contribution in [0.1, 0.15) is 18.4 Å². The smallest absolute Gasteiger partial charge is 0.329 e. The molecular formula is C13H16ClNO4. The van der Waals surface area contributed by atoms with Gasteiger partial charge in [-0.2, -0.15) is 0 Å². The predicted octanol–water partition coefficient (Wildman–Crippen LogP) is 1.66. The van der Waals surface area contributed by atoms with Gasteiger partial charge in [-0.1, -0.05) is 23.7 Å². The van der Waals surface area contributed by atoms with Gasteiger partial charge >= 0.3 is 5.97 Å². The first-order chi connectivity index (χ1) is 9.00. The highest BCUT2D eigenvalue weighted by Crippen LogP contribution is 2.19. The first kappa shape index (κ1) is 15.5. The zero-order valence-corrected chi connectivity index (χ0v) is 11.3. The molecule has 0 aliphatic rings. The topological polar surface area (TPSA) is 75.6 Å². The van der Waals surface area contributed by atoms with Crippen molar-refractivity contribution in [1.82, 2.24) is 5.32 Å². The van der Waals surface area contributed by atoms with E-state index in [-0.39, 0.29) is 31.6 Å². The summed E-state index contributed by atoms with van der Waals surface area (Å²) in [6.07, 6.45) is 0. The Labute approximate surface area is 116 Å². The van der Waals surface area contributed by atoms with Gasteiger partial charge in [0.25, 0.3) is 0 Å². The van der Waals surface area contributed by atoms with E-state index in [1.807, 2.05) is 6.07 Å². The summed E-state index contributed by atoms with van der Waals surface area (Å²) >= 11 is 5.86. The maximum absolute atomic E-state index is 11.8. The van der Waals surface area contributed by atoms with Crippen molar-refractivity contribution in [2.45, 2.75) is 12.8 Å². The van der Waals surface area contributed by atoms with Gasteiger partial charge in [0.2, 0.25) is 5.91 Å². The zero-order chi connectivity index (χ0) is 14.3. The summed E-state index contributed by atoms with van der Waals surface area (Å²) in [5.41, 5.74) is 0.830. The summed E-state index contributed by atoms with van der Waals surface area (Å²) < 4.78 is 4.81. The molecule has 0 saturated carbocycles. The number of nitrogens with one attached hydrogen (secondary N) is 1. The van der Waals surface area contributed by atoms with Crippen molar-refractivity contribution in [2.24, 2.45) is 0 Å². The van der Waals surface area contributed by atoms with Gasteiger partial charge in [-0.05, 0) is 24.6 Å². The fourth-order valence-corrected chi connectivity index (χ4v) is 1.69. The van der Waals surface area contributed by atoms with Crippen molar-refractivity contribution in [2.75, 3.05) is 19.8 Å². The Morgan fingerprint density at radius 1 is 1.47 bits per heavy atom. The van der Waals surface area contributed by atoms with Gasteiger partial charge in [0.05, 0.1) is 12.5 Å². The first-order valence-electron chi connectivity index (χ1n) is 5.83. The molecule has 0 aromatic heterocycles.